The molecule has 0 saturated carbocycles. The van der Waals surface area contributed by atoms with Gasteiger partial charge in [-0.15, -0.1) is 0 Å². The van der Waals surface area contributed by atoms with Crippen molar-refractivity contribution in [2.75, 3.05) is 11.4 Å². The molecule has 15 heavy (non-hydrogen) atoms. The Morgan fingerprint density at radius 2 is 2.47 bits per heavy atom. The van der Waals surface area contributed by atoms with Gasteiger partial charge in [0.15, 0.2) is 0 Å². The van der Waals surface area contributed by atoms with Crippen LogP contribution in [0.2, 0.25) is 0 Å². The molecule has 1 unspecified atom stereocenters. The number of rotatable bonds is 2. The number of nitrogens with zero attached hydrogens (tertiary/aromatic N) is 2. The SMILES string of the molecule is CC1CCCN1c1ccnc(C(=N)N)c1. The molecular weight excluding hydrogens is 188 g/mol. The van der Waals surface area contributed by atoms with Crippen LogP contribution in [0.1, 0.15) is 25.5 Å². The topological polar surface area (TPSA) is 66.0 Å². The quantitative estimate of drug-likeness (QED) is 0.564. The Labute approximate surface area is 89.6 Å². The van der Waals surface area contributed by atoms with Crippen LogP contribution in [0.15, 0.2) is 18.3 Å². The Balaban J connectivity index is 2.28. The summed E-state index contributed by atoms with van der Waals surface area (Å²) >= 11 is 0. The zero-order valence-corrected chi connectivity index (χ0v) is 8.90. The van der Waals surface area contributed by atoms with Gasteiger partial charge in [-0.1, -0.05) is 0 Å². The van der Waals surface area contributed by atoms with Crippen molar-refractivity contribution >= 4 is 11.5 Å². The molecule has 0 amide bonds. The molecule has 1 saturated heterocycles. The van der Waals surface area contributed by atoms with Crippen molar-refractivity contribution < 1.29 is 0 Å². The monoisotopic (exact) mass is 204 g/mol. The van der Waals surface area contributed by atoms with Gasteiger partial charge in [-0.3, -0.25) is 10.4 Å². The van der Waals surface area contributed by atoms with Crippen LogP contribution in [0.5, 0.6) is 0 Å². The summed E-state index contributed by atoms with van der Waals surface area (Å²) in [7, 11) is 0. The molecule has 1 aliphatic heterocycles. The summed E-state index contributed by atoms with van der Waals surface area (Å²) in [5, 5.41) is 7.35. The number of nitrogens with two attached hydrogens (primary N) is 1. The maximum Gasteiger partial charge on any atom is 0.141 e. The maximum atomic E-state index is 7.35. The van der Waals surface area contributed by atoms with E-state index in [2.05, 4.69) is 16.8 Å². The molecule has 80 valence electrons. The van der Waals surface area contributed by atoms with Crippen molar-refractivity contribution in [1.29, 1.82) is 5.41 Å². The highest BCUT2D eigenvalue weighted by Crippen LogP contribution is 2.24. The van der Waals surface area contributed by atoms with E-state index in [0.717, 1.165) is 12.2 Å². The maximum absolute atomic E-state index is 7.35. The minimum atomic E-state index is 0.0312. The van der Waals surface area contributed by atoms with Crippen LogP contribution in [0, 0.1) is 5.41 Å². The van der Waals surface area contributed by atoms with E-state index in [1.165, 1.54) is 12.8 Å². The van der Waals surface area contributed by atoms with Gasteiger partial charge in [0.1, 0.15) is 11.5 Å². The minimum Gasteiger partial charge on any atom is -0.382 e. The van der Waals surface area contributed by atoms with Gasteiger partial charge in [0.05, 0.1) is 0 Å². The molecule has 3 N–H and O–H groups in total. The molecule has 1 aliphatic rings. The Morgan fingerprint density at radius 1 is 1.67 bits per heavy atom. The summed E-state index contributed by atoms with van der Waals surface area (Å²) < 4.78 is 0. The number of pyridine rings is 1. The lowest BCUT2D eigenvalue weighted by Gasteiger charge is -2.23. The predicted molar refractivity (Wildman–Crippen MR) is 61.3 cm³/mol. The van der Waals surface area contributed by atoms with Crippen LogP contribution in [-0.4, -0.2) is 23.4 Å². The smallest absolute Gasteiger partial charge is 0.141 e. The number of anilines is 1. The second-order valence-electron chi connectivity index (χ2n) is 4.00. The first-order valence-electron chi connectivity index (χ1n) is 5.25. The number of hydrogen-bond acceptors (Lipinski definition) is 3. The molecule has 2 rings (SSSR count). The molecule has 0 aliphatic carbocycles. The average Bonchev–Trinajstić information content (AvgIpc) is 2.64. The first-order valence-corrected chi connectivity index (χ1v) is 5.25. The third kappa shape index (κ3) is 1.93. The third-order valence-corrected chi connectivity index (χ3v) is 2.90. The lowest BCUT2D eigenvalue weighted by atomic mass is 10.2. The second kappa shape index (κ2) is 3.88. The van der Waals surface area contributed by atoms with E-state index in [-0.39, 0.29) is 5.84 Å². The van der Waals surface area contributed by atoms with E-state index in [4.69, 9.17) is 11.1 Å². The van der Waals surface area contributed by atoms with Gasteiger partial charge in [0.2, 0.25) is 0 Å². The van der Waals surface area contributed by atoms with Crippen LogP contribution in [0.25, 0.3) is 0 Å². The van der Waals surface area contributed by atoms with Crippen LogP contribution in [0.4, 0.5) is 5.69 Å². The van der Waals surface area contributed by atoms with Gasteiger partial charge >= 0.3 is 0 Å². The fourth-order valence-electron chi connectivity index (χ4n) is 2.06. The fraction of sp³-hybridized carbons (Fsp3) is 0.455. The largest absolute Gasteiger partial charge is 0.382 e. The molecule has 1 aromatic heterocycles. The van der Waals surface area contributed by atoms with E-state index >= 15 is 0 Å². The zero-order chi connectivity index (χ0) is 10.8. The molecule has 0 spiro atoms. The lowest BCUT2D eigenvalue weighted by Crippen LogP contribution is -2.26. The summed E-state index contributed by atoms with van der Waals surface area (Å²) in [5.74, 6) is 0.0312. The first kappa shape index (κ1) is 9.96. The number of aromatic nitrogens is 1. The number of nitrogens with one attached hydrogen (secondary N) is 1. The molecular formula is C11H16N4. The highest BCUT2D eigenvalue weighted by Gasteiger charge is 2.20. The Bertz CT molecular complexity index is 375. The van der Waals surface area contributed by atoms with Gasteiger partial charge in [-0.25, -0.2) is 0 Å². The van der Waals surface area contributed by atoms with Crippen molar-refractivity contribution in [3.63, 3.8) is 0 Å². The number of hydrogen-bond donors (Lipinski definition) is 2. The van der Waals surface area contributed by atoms with Crippen LogP contribution >= 0.6 is 0 Å². The number of amidine groups is 1. The summed E-state index contributed by atoms with van der Waals surface area (Å²) in [6, 6.07) is 4.45. The van der Waals surface area contributed by atoms with Crippen molar-refractivity contribution in [3.05, 3.63) is 24.0 Å². The van der Waals surface area contributed by atoms with E-state index in [1.807, 2.05) is 12.1 Å². The van der Waals surface area contributed by atoms with Crippen LogP contribution < -0.4 is 10.6 Å². The number of nitrogen functional groups attached to an aromatic ring is 1. The summed E-state index contributed by atoms with van der Waals surface area (Å²) in [6.07, 6.45) is 4.19. The normalized spacial score (nSPS) is 20.6. The summed E-state index contributed by atoms with van der Waals surface area (Å²) in [6.45, 7) is 3.31. The van der Waals surface area contributed by atoms with Crippen molar-refractivity contribution in [2.24, 2.45) is 5.73 Å². The van der Waals surface area contributed by atoms with Crippen molar-refractivity contribution in [2.45, 2.75) is 25.8 Å². The Morgan fingerprint density at radius 3 is 3.07 bits per heavy atom. The predicted octanol–water partition coefficient (Wildman–Crippen LogP) is 1.35. The van der Waals surface area contributed by atoms with Crippen molar-refractivity contribution in [3.8, 4) is 0 Å². The van der Waals surface area contributed by atoms with Crippen LogP contribution in [-0.2, 0) is 0 Å². The van der Waals surface area contributed by atoms with Gasteiger partial charge in [0.25, 0.3) is 0 Å². The summed E-state index contributed by atoms with van der Waals surface area (Å²) in [4.78, 5) is 6.40. The minimum absolute atomic E-state index is 0.0312. The standard InChI is InChI=1S/C11H16N4/c1-8-3-2-6-15(8)9-4-5-14-10(7-9)11(12)13/h4-5,7-8H,2-3,6H2,1H3,(H3,12,13). The van der Waals surface area contributed by atoms with Gasteiger partial charge in [-0.05, 0) is 31.9 Å². The second-order valence-corrected chi connectivity index (χ2v) is 4.00. The Kier molecular flexibility index (Phi) is 2.58. The van der Waals surface area contributed by atoms with Crippen molar-refractivity contribution in [1.82, 2.24) is 4.98 Å². The van der Waals surface area contributed by atoms with E-state index in [1.54, 1.807) is 6.20 Å². The molecule has 1 atom stereocenters. The van der Waals surface area contributed by atoms with E-state index in [0.29, 0.717) is 11.7 Å². The lowest BCUT2D eigenvalue weighted by molar-refractivity contribution is 0.734. The highest BCUT2D eigenvalue weighted by molar-refractivity contribution is 5.93. The van der Waals surface area contributed by atoms with E-state index < -0.39 is 0 Å². The highest BCUT2D eigenvalue weighted by atomic mass is 15.2. The molecule has 0 radical (unpaired) electrons. The van der Waals surface area contributed by atoms with Gasteiger partial charge in [-0.2, -0.15) is 0 Å². The molecule has 4 heteroatoms. The van der Waals surface area contributed by atoms with Crippen LogP contribution in [0.3, 0.4) is 0 Å². The molecule has 4 nitrogen and oxygen atoms in total. The van der Waals surface area contributed by atoms with Gasteiger partial charge in [0, 0.05) is 24.5 Å². The van der Waals surface area contributed by atoms with Gasteiger partial charge < -0.3 is 10.6 Å². The van der Waals surface area contributed by atoms with E-state index in [9.17, 15) is 0 Å². The zero-order valence-electron chi connectivity index (χ0n) is 8.90. The first-order chi connectivity index (χ1) is 7.18. The molecule has 2 heterocycles. The fourth-order valence-corrected chi connectivity index (χ4v) is 2.06. The average molecular weight is 204 g/mol. The Hall–Kier alpha value is -1.58. The molecule has 0 bridgehead atoms. The molecule has 1 aromatic rings. The third-order valence-electron chi connectivity index (χ3n) is 2.90. The molecule has 0 aromatic carbocycles. The summed E-state index contributed by atoms with van der Waals surface area (Å²) in [5.41, 5.74) is 7.11. The molecule has 1 fully saturated rings.